The Morgan fingerprint density at radius 1 is 0.571 bits per heavy atom. The first kappa shape index (κ1) is 25.2. The number of hydrogen-bond acceptors (Lipinski definition) is 1. The molecule has 0 unspecified atom stereocenters. The van der Waals surface area contributed by atoms with Crippen LogP contribution in [-0.2, 0) is 6.42 Å². The molecule has 0 atom stereocenters. The van der Waals surface area contributed by atoms with Gasteiger partial charge in [0.2, 0.25) is 0 Å². The van der Waals surface area contributed by atoms with E-state index >= 15 is 0 Å². The van der Waals surface area contributed by atoms with Crippen LogP contribution in [0.2, 0.25) is 0 Å². The van der Waals surface area contributed by atoms with Gasteiger partial charge in [0.1, 0.15) is 0 Å². The highest BCUT2D eigenvalue weighted by atomic mass is 15.1. The molecule has 0 N–H and O–H groups in total. The van der Waals surface area contributed by atoms with Crippen molar-refractivity contribution in [3.63, 3.8) is 0 Å². The standard InChI is InChI=1S/C27H49N/c1-4-28(5-2)25-21-17-15-13-11-9-7-6-8-10-12-14-16-18-23-27-24-20-19-22-26(27)3/h19-20,22,24H,4-18,21,23,25H2,1-3H3. The smallest absolute Gasteiger partial charge is 0.00190 e. The van der Waals surface area contributed by atoms with E-state index in [1.165, 1.54) is 122 Å². The summed E-state index contributed by atoms with van der Waals surface area (Å²) in [6.07, 6.45) is 21.4. The lowest BCUT2D eigenvalue weighted by Gasteiger charge is -2.17. The molecule has 1 heteroatoms. The Kier molecular flexibility index (Phi) is 16.4. The van der Waals surface area contributed by atoms with Crippen molar-refractivity contribution in [3.05, 3.63) is 35.4 Å². The summed E-state index contributed by atoms with van der Waals surface area (Å²) in [6, 6.07) is 8.85. The molecule has 0 saturated heterocycles. The average molecular weight is 388 g/mol. The van der Waals surface area contributed by atoms with Crippen molar-refractivity contribution in [3.8, 4) is 0 Å². The summed E-state index contributed by atoms with van der Waals surface area (Å²) in [4.78, 5) is 2.55. The number of benzene rings is 1. The Bertz CT molecular complexity index is 449. The minimum Gasteiger partial charge on any atom is -0.304 e. The van der Waals surface area contributed by atoms with Gasteiger partial charge in [-0.2, -0.15) is 0 Å². The van der Waals surface area contributed by atoms with Crippen LogP contribution >= 0.6 is 0 Å². The third-order valence-electron chi connectivity index (χ3n) is 6.33. The molecule has 0 aliphatic carbocycles. The molecule has 0 radical (unpaired) electrons. The molecule has 0 aromatic heterocycles. The fourth-order valence-electron chi connectivity index (χ4n) is 4.20. The molecule has 1 rings (SSSR count). The van der Waals surface area contributed by atoms with Crippen LogP contribution in [0.15, 0.2) is 24.3 Å². The van der Waals surface area contributed by atoms with Crippen LogP contribution in [0.5, 0.6) is 0 Å². The van der Waals surface area contributed by atoms with Gasteiger partial charge in [-0.1, -0.05) is 115 Å². The van der Waals surface area contributed by atoms with Crippen LogP contribution in [0, 0.1) is 6.92 Å². The number of unbranched alkanes of at least 4 members (excludes halogenated alkanes) is 13. The van der Waals surface area contributed by atoms with Gasteiger partial charge in [0.25, 0.3) is 0 Å². The normalized spacial score (nSPS) is 11.4. The first-order chi connectivity index (χ1) is 13.8. The van der Waals surface area contributed by atoms with Gasteiger partial charge in [-0.25, -0.2) is 0 Å². The number of rotatable bonds is 19. The molecule has 162 valence electrons. The zero-order chi connectivity index (χ0) is 20.3. The zero-order valence-electron chi connectivity index (χ0n) is 19.5. The lowest BCUT2D eigenvalue weighted by atomic mass is 10.0. The Morgan fingerprint density at radius 2 is 1.00 bits per heavy atom. The molecular formula is C27H49N. The van der Waals surface area contributed by atoms with E-state index in [9.17, 15) is 0 Å². The Morgan fingerprint density at radius 3 is 1.46 bits per heavy atom. The molecule has 0 saturated carbocycles. The predicted molar refractivity (Wildman–Crippen MR) is 127 cm³/mol. The Hall–Kier alpha value is -0.820. The van der Waals surface area contributed by atoms with Crippen molar-refractivity contribution in [1.29, 1.82) is 0 Å². The minimum absolute atomic E-state index is 1.21. The molecule has 1 aromatic rings. The van der Waals surface area contributed by atoms with Crippen LogP contribution in [0.25, 0.3) is 0 Å². The molecule has 0 spiro atoms. The van der Waals surface area contributed by atoms with Gasteiger partial charge in [0.05, 0.1) is 0 Å². The molecule has 0 aliphatic rings. The zero-order valence-corrected chi connectivity index (χ0v) is 19.5. The van der Waals surface area contributed by atoms with Crippen molar-refractivity contribution < 1.29 is 0 Å². The van der Waals surface area contributed by atoms with E-state index in [2.05, 4.69) is 49.9 Å². The van der Waals surface area contributed by atoms with E-state index < -0.39 is 0 Å². The SMILES string of the molecule is CCN(CC)CCCCCCCCCCCCCCCCc1ccccc1C. The molecule has 1 aromatic carbocycles. The van der Waals surface area contributed by atoms with E-state index in [-0.39, 0.29) is 0 Å². The number of hydrogen-bond donors (Lipinski definition) is 0. The van der Waals surface area contributed by atoms with Gasteiger partial charge in [0.15, 0.2) is 0 Å². The maximum absolute atomic E-state index is 2.55. The highest BCUT2D eigenvalue weighted by Gasteiger charge is 1.99. The van der Waals surface area contributed by atoms with Crippen molar-refractivity contribution in [2.75, 3.05) is 19.6 Å². The first-order valence-corrected chi connectivity index (χ1v) is 12.5. The molecule has 0 aliphatic heterocycles. The summed E-state index contributed by atoms with van der Waals surface area (Å²) in [7, 11) is 0. The maximum Gasteiger partial charge on any atom is -0.00190 e. The van der Waals surface area contributed by atoms with Crippen LogP contribution in [-0.4, -0.2) is 24.5 Å². The van der Waals surface area contributed by atoms with E-state index in [0.717, 1.165) is 0 Å². The van der Waals surface area contributed by atoms with E-state index in [4.69, 9.17) is 0 Å². The van der Waals surface area contributed by atoms with Gasteiger partial charge >= 0.3 is 0 Å². The highest BCUT2D eigenvalue weighted by molar-refractivity contribution is 5.25. The summed E-state index contributed by atoms with van der Waals surface area (Å²) < 4.78 is 0. The molecular weight excluding hydrogens is 338 g/mol. The van der Waals surface area contributed by atoms with Gasteiger partial charge in [-0.05, 0) is 56.9 Å². The average Bonchev–Trinajstić information content (AvgIpc) is 2.71. The number of aryl methyl sites for hydroxylation is 2. The molecule has 0 bridgehead atoms. The van der Waals surface area contributed by atoms with Gasteiger partial charge < -0.3 is 4.90 Å². The second-order valence-electron chi connectivity index (χ2n) is 8.65. The third-order valence-corrected chi connectivity index (χ3v) is 6.33. The van der Waals surface area contributed by atoms with Crippen molar-refractivity contribution in [1.82, 2.24) is 4.90 Å². The maximum atomic E-state index is 2.55. The van der Waals surface area contributed by atoms with E-state index in [1.807, 2.05) is 0 Å². The predicted octanol–water partition coefficient (Wildman–Crippen LogP) is 8.34. The molecule has 0 amide bonds. The van der Waals surface area contributed by atoms with Crippen molar-refractivity contribution >= 4 is 0 Å². The second kappa shape index (κ2) is 18.2. The first-order valence-electron chi connectivity index (χ1n) is 12.5. The van der Waals surface area contributed by atoms with Crippen molar-refractivity contribution in [2.45, 2.75) is 117 Å². The molecule has 28 heavy (non-hydrogen) atoms. The lowest BCUT2D eigenvalue weighted by molar-refractivity contribution is 0.295. The molecule has 1 nitrogen and oxygen atoms in total. The minimum atomic E-state index is 1.21. The quantitative estimate of drug-likeness (QED) is 0.216. The van der Waals surface area contributed by atoms with Gasteiger partial charge in [0, 0.05) is 0 Å². The van der Waals surface area contributed by atoms with E-state index in [0.29, 0.717) is 0 Å². The largest absolute Gasteiger partial charge is 0.304 e. The van der Waals surface area contributed by atoms with Crippen LogP contribution < -0.4 is 0 Å². The third kappa shape index (κ3) is 13.4. The summed E-state index contributed by atoms with van der Waals surface area (Å²) in [5.41, 5.74) is 3.01. The summed E-state index contributed by atoms with van der Waals surface area (Å²) in [5, 5.41) is 0. The monoisotopic (exact) mass is 387 g/mol. The number of nitrogens with zero attached hydrogens (tertiary/aromatic N) is 1. The van der Waals surface area contributed by atoms with Gasteiger partial charge in [-0.15, -0.1) is 0 Å². The molecule has 0 heterocycles. The topological polar surface area (TPSA) is 3.24 Å². The Labute approximate surface area is 177 Å². The highest BCUT2D eigenvalue weighted by Crippen LogP contribution is 2.15. The summed E-state index contributed by atoms with van der Waals surface area (Å²) in [6.45, 7) is 10.5. The van der Waals surface area contributed by atoms with Crippen LogP contribution in [0.3, 0.4) is 0 Å². The van der Waals surface area contributed by atoms with Crippen LogP contribution in [0.1, 0.15) is 115 Å². The summed E-state index contributed by atoms with van der Waals surface area (Å²) >= 11 is 0. The van der Waals surface area contributed by atoms with Crippen molar-refractivity contribution in [2.24, 2.45) is 0 Å². The van der Waals surface area contributed by atoms with Gasteiger partial charge in [-0.3, -0.25) is 0 Å². The fourth-order valence-corrected chi connectivity index (χ4v) is 4.20. The van der Waals surface area contributed by atoms with Crippen LogP contribution in [0.4, 0.5) is 0 Å². The lowest BCUT2D eigenvalue weighted by Crippen LogP contribution is -2.23. The Balaban J connectivity index is 1.76. The summed E-state index contributed by atoms with van der Waals surface area (Å²) in [5.74, 6) is 0. The fraction of sp³-hybridized carbons (Fsp3) is 0.778. The second-order valence-corrected chi connectivity index (χ2v) is 8.65. The molecule has 0 fully saturated rings. The van der Waals surface area contributed by atoms with E-state index in [1.54, 1.807) is 5.56 Å².